The molecule has 2 heterocycles. The number of amidine groups is 2. The highest BCUT2D eigenvalue weighted by atomic mass is 16.2. The summed E-state index contributed by atoms with van der Waals surface area (Å²) >= 11 is 0. The van der Waals surface area contributed by atoms with Crippen molar-refractivity contribution < 1.29 is 4.79 Å². The predicted molar refractivity (Wildman–Crippen MR) is 160 cm³/mol. The summed E-state index contributed by atoms with van der Waals surface area (Å²) < 4.78 is 0. The van der Waals surface area contributed by atoms with Crippen molar-refractivity contribution in [1.29, 1.82) is 10.8 Å². The Morgan fingerprint density at radius 1 is 1.02 bits per heavy atom. The smallest absolute Gasteiger partial charge is 0.243 e. The number of benzene rings is 3. The van der Waals surface area contributed by atoms with Crippen molar-refractivity contribution >= 4 is 40.0 Å². The number of hydrogen-bond acceptors (Lipinski definition) is 6. The largest absolute Gasteiger partial charge is 0.384 e. The van der Waals surface area contributed by atoms with E-state index in [1.165, 1.54) is 5.56 Å². The molecule has 0 unspecified atom stereocenters. The lowest BCUT2D eigenvalue weighted by atomic mass is 9.89. The fourth-order valence-corrected chi connectivity index (χ4v) is 5.26. The number of likely N-dealkylation sites (tertiary alicyclic amines) is 1. The highest BCUT2D eigenvalue weighted by Crippen LogP contribution is 2.29. The van der Waals surface area contributed by atoms with E-state index in [-0.39, 0.29) is 18.3 Å². The molecule has 0 aliphatic carbocycles. The second-order valence-electron chi connectivity index (χ2n) is 10.2. The molecule has 1 aliphatic heterocycles. The lowest BCUT2D eigenvalue weighted by molar-refractivity contribution is -0.115. The molecule has 5 rings (SSSR count). The van der Waals surface area contributed by atoms with Gasteiger partial charge in [-0.25, -0.2) is 0 Å². The minimum Gasteiger partial charge on any atom is -0.384 e. The Bertz CT molecular complexity index is 1520. The Morgan fingerprint density at radius 2 is 1.75 bits per heavy atom. The van der Waals surface area contributed by atoms with Gasteiger partial charge in [0.05, 0.1) is 23.4 Å². The fraction of sp³-hybridized carbons (Fsp3) is 0.258. The van der Waals surface area contributed by atoms with Crippen LogP contribution in [0.2, 0.25) is 0 Å². The number of nitrogen functional groups attached to an aromatic ring is 1. The Labute approximate surface area is 234 Å². The van der Waals surface area contributed by atoms with Crippen molar-refractivity contribution in [2.45, 2.75) is 32.2 Å². The molecule has 0 saturated carbocycles. The summed E-state index contributed by atoms with van der Waals surface area (Å²) in [6.07, 6.45) is 5.38. The summed E-state index contributed by atoms with van der Waals surface area (Å²) in [7, 11) is 0. The average Bonchev–Trinajstić information content (AvgIpc) is 2.97. The SMILES string of the molecule is CC(=N)N1CCC(c2ccc(NC(=O)CN(Cc3cccc4nccnc34)c3cccc(C(=N)N)c3)cc2)CC1. The number of piperidine rings is 1. The van der Waals surface area contributed by atoms with Crippen molar-refractivity contribution in [3.63, 3.8) is 0 Å². The molecule has 9 heteroatoms. The second kappa shape index (κ2) is 11.9. The van der Waals surface area contributed by atoms with Crippen molar-refractivity contribution in [2.24, 2.45) is 5.73 Å². The summed E-state index contributed by atoms with van der Waals surface area (Å²) in [5, 5.41) is 18.7. The molecule has 1 saturated heterocycles. The van der Waals surface area contributed by atoms with Crippen LogP contribution >= 0.6 is 0 Å². The van der Waals surface area contributed by atoms with Gasteiger partial charge in [-0.05, 0) is 67.1 Å². The van der Waals surface area contributed by atoms with Crippen LogP contribution in [-0.2, 0) is 11.3 Å². The minimum atomic E-state index is -0.151. The van der Waals surface area contributed by atoms with Crippen molar-refractivity contribution in [3.8, 4) is 0 Å². The number of hydrogen-bond donors (Lipinski definition) is 4. The fourth-order valence-electron chi connectivity index (χ4n) is 5.26. The number of carbonyl (C=O) groups excluding carboxylic acids is 1. The highest BCUT2D eigenvalue weighted by Gasteiger charge is 2.21. The number of carbonyl (C=O) groups is 1. The van der Waals surface area contributed by atoms with Crippen molar-refractivity contribution in [1.82, 2.24) is 14.9 Å². The molecule has 4 aromatic rings. The summed E-state index contributed by atoms with van der Waals surface area (Å²) in [4.78, 5) is 26.3. The molecule has 3 aromatic carbocycles. The first kappa shape index (κ1) is 26.8. The van der Waals surface area contributed by atoms with Crippen molar-refractivity contribution in [3.05, 3.63) is 95.8 Å². The first-order chi connectivity index (χ1) is 19.4. The number of nitrogens with zero attached hydrogens (tertiary/aromatic N) is 4. The van der Waals surface area contributed by atoms with Crippen LogP contribution in [-0.4, -0.2) is 52.1 Å². The third-order valence-electron chi connectivity index (χ3n) is 7.44. The number of amides is 1. The van der Waals surface area contributed by atoms with Crippen LogP contribution < -0.4 is 16.0 Å². The maximum Gasteiger partial charge on any atom is 0.243 e. The van der Waals surface area contributed by atoms with E-state index in [4.69, 9.17) is 16.6 Å². The van der Waals surface area contributed by atoms with Gasteiger partial charge in [0.1, 0.15) is 5.84 Å². The zero-order chi connectivity index (χ0) is 28.1. The van der Waals surface area contributed by atoms with Gasteiger partial charge in [-0.3, -0.25) is 25.6 Å². The van der Waals surface area contributed by atoms with Gasteiger partial charge in [0, 0.05) is 49.0 Å². The zero-order valence-electron chi connectivity index (χ0n) is 22.6. The molecule has 1 aromatic heterocycles. The van der Waals surface area contributed by atoms with Gasteiger partial charge in [0.25, 0.3) is 0 Å². The molecule has 5 N–H and O–H groups in total. The number of rotatable bonds is 8. The summed E-state index contributed by atoms with van der Waals surface area (Å²) in [6, 6.07) is 21.3. The van der Waals surface area contributed by atoms with Gasteiger partial charge >= 0.3 is 0 Å². The van der Waals surface area contributed by atoms with E-state index >= 15 is 0 Å². The topological polar surface area (TPSA) is 135 Å². The Balaban J connectivity index is 1.31. The summed E-state index contributed by atoms with van der Waals surface area (Å²) in [6.45, 7) is 4.18. The number of aromatic nitrogens is 2. The predicted octanol–water partition coefficient (Wildman–Crippen LogP) is 4.74. The van der Waals surface area contributed by atoms with Crippen molar-refractivity contribution in [2.75, 3.05) is 29.9 Å². The third kappa shape index (κ3) is 6.26. The third-order valence-corrected chi connectivity index (χ3v) is 7.44. The molecule has 1 aliphatic rings. The van der Waals surface area contributed by atoms with Gasteiger partial charge < -0.3 is 20.9 Å². The molecular formula is C31H34N8O. The number of nitrogens with one attached hydrogen (secondary N) is 3. The normalized spacial score (nSPS) is 13.7. The number of para-hydroxylation sites is 1. The van der Waals surface area contributed by atoms with Gasteiger partial charge in [-0.1, -0.05) is 36.4 Å². The van der Waals surface area contributed by atoms with E-state index in [0.29, 0.717) is 23.9 Å². The minimum absolute atomic E-state index is 0.0268. The van der Waals surface area contributed by atoms with Crippen LogP contribution in [0, 0.1) is 10.8 Å². The molecule has 0 radical (unpaired) electrons. The standard InChI is InChI=1S/C31H34N8O/c1-21(32)38-16-12-23(13-17-38)22-8-10-26(11-9-22)37-29(40)20-39(27-6-2-4-24(18-27)31(33)34)19-25-5-3-7-28-30(25)36-15-14-35-28/h2-11,14-15,18,23,32H,12-13,16-17,19-20H2,1H3,(H3,33,34)(H,37,40). The number of nitrogens with two attached hydrogens (primary N) is 1. The van der Waals surface area contributed by atoms with E-state index in [1.54, 1.807) is 18.5 Å². The van der Waals surface area contributed by atoms with Crippen LogP contribution in [0.3, 0.4) is 0 Å². The molecule has 0 spiro atoms. The maximum atomic E-state index is 13.3. The Kier molecular flexibility index (Phi) is 8.00. The van der Waals surface area contributed by atoms with Crippen LogP contribution in [0.15, 0.2) is 79.1 Å². The lowest BCUT2D eigenvalue weighted by Crippen LogP contribution is -2.36. The molecule has 0 atom stereocenters. The number of fused-ring (bicyclic) bond motifs is 1. The van der Waals surface area contributed by atoms with Gasteiger partial charge in [0.2, 0.25) is 5.91 Å². The number of anilines is 2. The van der Waals surface area contributed by atoms with E-state index in [9.17, 15) is 4.79 Å². The molecule has 204 valence electrons. The van der Waals surface area contributed by atoms with Crippen LogP contribution in [0.4, 0.5) is 11.4 Å². The Hall–Kier alpha value is -4.79. The van der Waals surface area contributed by atoms with Crippen LogP contribution in [0.1, 0.15) is 42.4 Å². The molecule has 1 amide bonds. The summed E-state index contributed by atoms with van der Waals surface area (Å²) in [5.41, 5.74) is 11.7. The Morgan fingerprint density at radius 3 is 2.48 bits per heavy atom. The van der Waals surface area contributed by atoms with Gasteiger partial charge in [-0.15, -0.1) is 0 Å². The quantitative estimate of drug-likeness (QED) is 0.191. The van der Waals surface area contributed by atoms with Crippen LogP contribution in [0.5, 0.6) is 0 Å². The second-order valence-corrected chi connectivity index (χ2v) is 10.2. The maximum absolute atomic E-state index is 13.3. The molecular weight excluding hydrogens is 500 g/mol. The first-order valence-corrected chi connectivity index (χ1v) is 13.5. The zero-order valence-corrected chi connectivity index (χ0v) is 22.6. The van der Waals surface area contributed by atoms with Gasteiger partial charge in [-0.2, -0.15) is 0 Å². The van der Waals surface area contributed by atoms with E-state index in [0.717, 1.165) is 53.9 Å². The molecule has 1 fully saturated rings. The molecule has 0 bridgehead atoms. The summed E-state index contributed by atoms with van der Waals surface area (Å²) in [5.74, 6) is 0.920. The first-order valence-electron chi connectivity index (χ1n) is 13.5. The van der Waals surface area contributed by atoms with Gasteiger partial charge in [0.15, 0.2) is 0 Å². The molecule has 9 nitrogen and oxygen atoms in total. The van der Waals surface area contributed by atoms with E-state index in [2.05, 4.69) is 32.3 Å². The highest BCUT2D eigenvalue weighted by molar-refractivity contribution is 5.97. The van der Waals surface area contributed by atoms with E-state index in [1.807, 2.05) is 60.4 Å². The molecule has 40 heavy (non-hydrogen) atoms. The van der Waals surface area contributed by atoms with E-state index < -0.39 is 0 Å². The average molecular weight is 535 g/mol. The lowest BCUT2D eigenvalue weighted by Gasteiger charge is -2.33. The van der Waals surface area contributed by atoms with Crippen LogP contribution in [0.25, 0.3) is 11.0 Å². The monoisotopic (exact) mass is 534 g/mol.